The summed E-state index contributed by atoms with van der Waals surface area (Å²) in [6, 6.07) is 7.23. The van der Waals surface area contributed by atoms with Gasteiger partial charge in [0, 0.05) is 5.56 Å². The van der Waals surface area contributed by atoms with Gasteiger partial charge in [0.2, 0.25) is 0 Å². The molecule has 0 heterocycles. The Morgan fingerprint density at radius 3 is 2.45 bits per heavy atom. The summed E-state index contributed by atoms with van der Waals surface area (Å²) in [5.74, 6) is -0.226. The second-order valence-corrected chi connectivity index (χ2v) is 5.16. The predicted octanol–water partition coefficient (Wildman–Crippen LogP) is 2.86. The average Bonchev–Trinajstić information content (AvgIpc) is 2.44. The van der Waals surface area contributed by atoms with Gasteiger partial charge in [-0.25, -0.2) is 0 Å². The second-order valence-electron chi connectivity index (χ2n) is 5.16. The third-order valence-corrected chi connectivity index (χ3v) is 3.35. The van der Waals surface area contributed by atoms with Crippen LogP contribution in [0, 0.1) is 5.41 Å². The highest BCUT2D eigenvalue weighted by atomic mass is 16.1. The molecule has 110 valence electrons. The summed E-state index contributed by atoms with van der Waals surface area (Å²) >= 11 is 0. The van der Waals surface area contributed by atoms with Crippen molar-refractivity contribution in [1.29, 1.82) is 5.41 Å². The lowest BCUT2D eigenvalue weighted by molar-refractivity contribution is 0.0949. The first kappa shape index (κ1) is 16.2. The molecule has 1 aromatic carbocycles. The highest BCUT2D eigenvalue weighted by Crippen LogP contribution is 2.10. The van der Waals surface area contributed by atoms with Gasteiger partial charge in [-0.1, -0.05) is 38.3 Å². The summed E-state index contributed by atoms with van der Waals surface area (Å²) in [5, 5.41) is 9.95. The Morgan fingerprint density at radius 1 is 1.25 bits per heavy atom. The number of amidine groups is 1. The third kappa shape index (κ3) is 5.43. The second kappa shape index (κ2) is 8.35. The Hall–Kier alpha value is -1.84. The van der Waals surface area contributed by atoms with E-state index >= 15 is 0 Å². The largest absolute Gasteiger partial charge is 0.386 e. The number of rotatable bonds is 8. The molecule has 0 saturated heterocycles. The summed E-state index contributed by atoms with van der Waals surface area (Å²) < 4.78 is 0. The van der Waals surface area contributed by atoms with Crippen LogP contribution >= 0.6 is 0 Å². The number of carbonyl (C=O) groups excluding carboxylic acids is 1. The maximum absolute atomic E-state index is 11.9. The topological polar surface area (TPSA) is 79.0 Å². The van der Waals surface area contributed by atoms with Crippen LogP contribution in [-0.4, -0.2) is 17.8 Å². The number of carbonyl (C=O) groups is 1. The molecule has 1 amide bonds. The molecule has 20 heavy (non-hydrogen) atoms. The lowest BCUT2D eigenvalue weighted by Crippen LogP contribution is -2.41. The smallest absolute Gasteiger partial charge is 0.251 e. The van der Waals surface area contributed by atoms with Crippen LogP contribution in [0.25, 0.3) is 0 Å². The van der Waals surface area contributed by atoms with Gasteiger partial charge in [0.25, 0.3) is 5.91 Å². The average molecular weight is 275 g/mol. The van der Waals surface area contributed by atoms with Gasteiger partial charge in [-0.3, -0.25) is 10.2 Å². The standard InChI is InChI=1S/C16H25N3O/c1-3-4-5-6-7-13-8-10-14(11-9-13)16(20)19-12(2)15(17)18/h8-12H,3-7H2,1-2H3,(H3,17,18)(H,19,20)/t12-/m0/s1. The first-order valence-corrected chi connectivity index (χ1v) is 7.28. The van der Waals surface area contributed by atoms with Crippen LogP contribution < -0.4 is 11.1 Å². The molecule has 4 heteroatoms. The normalized spacial score (nSPS) is 11.9. The molecule has 0 fully saturated rings. The van der Waals surface area contributed by atoms with Crippen molar-refractivity contribution in [2.75, 3.05) is 0 Å². The van der Waals surface area contributed by atoms with Crippen molar-refractivity contribution in [2.45, 2.75) is 52.0 Å². The van der Waals surface area contributed by atoms with Crippen molar-refractivity contribution in [3.63, 3.8) is 0 Å². The van der Waals surface area contributed by atoms with Crippen molar-refractivity contribution in [2.24, 2.45) is 5.73 Å². The summed E-state index contributed by atoms with van der Waals surface area (Å²) in [6.07, 6.45) is 6.04. The predicted molar refractivity (Wildman–Crippen MR) is 83.1 cm³/mol. The fourth-order valence-corrected chi connectivity index (χ4v) is 1.94. The summed E-state index contributed by atoms with van der Waals surface area (Å²) in [7, 11) is 0. The lowest BCUT2D eigenvalue weighted by atomic mass is 10.0. The van der Waals surface area contributed by atoms with Gasteiger partial charge in [0.05, 0.1) is 6.04 Å². The van der Waals surface area contributed by atoms with Gasteiger partial charge in [-0.05, 0) is 37.5 Å². The van der Waals surface area contributed by atoms with Crippen molar-refractivity contribution in [3.05, 3.63) is 35.4 Å². The monoisotopic (exact) mass is 275 g/mol. The molecule has 0 saturated carbocycles. The maximum Gasteiger partial charge on any atom is 0.251 e. The molecule has 1 atom stereocenters. The van der Waals surface area contributed by atoms with Crippen LogP contribution in [0.5, 0.6) is 0 Å². The number of aryl methyl sites for hydroxylation is 1. The molecule has 0 aliphatic carbocycles. The fraction of sp³-hybridized carbons (Fsp3) is 0.500. The summed E-state index contributed by atoms with van der Waals surface area (Å²) in [6.45, 7) is 3.90. The minimum atomic E-state index is -0.434. The number of unbranched alkanes of at least 4 members (excludes halogenated alkanes) is 3. The van der Waals surface area contributed by atoms with Crippen LogP contribution in [0.1, 0.15) is 55.5 Å². The Morgan fingerprint density at radius 2 is 1.90 bits per heavy atom. The van der Waals surface area contributed by atoms with Gasteiger partial charge in [0.15, 0.2) is 0 Å². The molecule has 1 rings (SSSR count). The quantitative estimate of drug-likeness (QED) is 0.387. The van der Waals surface area contributed by atoms with Crippen LogP contribution in [0.2, 0.25) is 0 Å². The first-order valence-electron chi connectivity index (χ1n) is 7.28. The Labute approximate surface area is 121 Å². The molecule has 4 N–H and O–H groups in total. The lowest BCUT2D eigenvalue weighted by Gasteiger charge is -2.12. The highest BCUT2D eigenvalue weighted by Gasteiger charge is 2.11. The van der Waals surface area contributed by atoms with Crippen molar-refractivity contribution in [1.82, 2.24) is 5.32 Å². The van der Waals surface area contributed by atoms with Crippen LogP contribution in [0.15, 0.2) is 24.3 Å². The molecule has 0 radical (unpaired) electrons. The van der Waals surface area contributed by atoms with Crippen LogP contribution in [-0.2, 0) is 6.42 Å². The molecular formula is C16H25N3O. The van der Waals surface area contributed by atoms with E-state index in [-0.39, 0.29) is 11.7 Å². The molecule has 0 aliphatic rings. The number of hydrogen-bond acceptors (Lipinski definition) is 2. The van der Waals surface area contributed by atoms with E-state index in [0.717, 1.165) is 6.42 Å². The third-order valence-electron chi connectivity index (χ3n) is 3.35. The fourth-order valence-electron chi connectivity index (χ4n) is 1.94. The van der Waals surface area contributed by atoms with E-state index < -0.39 is 6.04 Å². The van der Waals surface area contributed by atoms with Crippen LogP contribution in [0.4, 0.5) is 0 Å². The van der Waals surface area contributed by atoms with Crippen molar-refractivity contribution in [3.8, 4) is 0 Å². The van der Waals surface area contributed by atoms with E-state index in [4.69, 9.17) is 11.1 Å². The minimum absolute atomic E-state index is 0.0362. The molecule has 0 aliphatic heterocycles. The van der Waals surface area contributed by atoms with E-state index in [0.29, 0.717) is 5.56 Å². The van der Waals surface area contributed by atoms with Gasteiger partial charge < -0.3 is 11.1 Å². The minimum Gasteiger partial charge on any atom is -0.386 e. The van der Waals surface area contributed by atoms with Crippen LogP contribution in [0.3, 0.4) is 0 Å². The zero-order chi connectivity index (χ0) is 15.0. The maximum atomic E-state index is 11.9. The van der Waals surface area contributed by atoms with E-state index in [1.165, 1.54) is 31.2 Å². The first-order chi connectivity index (χ1) is 9.54. The molecule has 0 unspecified atom stereocenters. The van der Waals surface area contributed by atoms with Crippen molar-refractivity contribution < 1.29 is 4.79 Å². The zero-order valence-corrected chi connectivity index (χ0v) is 12.4. The van der Waals surface area contributed by atoms with E-state index in [2.05, 4.69) is 12.2 Å². The number of amides is 1. The molecule has 4 nitrogen and oxygen atoms in total. The number of nitrogens with one attached hydrogen (secondary N) is 2. The van der Waals surface area contributed by atoms with Crippen molar-refractivity contribution >= 4 is 11.7 Å². The molecular weight excluding hydrogens is 250 g/mol. The Kier molecular flexibility index (Phi) is 6.77. The number of nitrogens with two attached hydrogens (primary N) is 1. The molecule has 0 aromatic heterocycles. The Balaban J connectivity index is 2.49. The molecule has 1 aromatic rings. The SMILES string of the molecule is CCCCCCc1ccc(C(=O)N[C@@H](C)C(=N)N)cc1. The zero-order valence-electron chi connectivity index (χ0n) is 12.4. The summed E-state index contributed by atoms with van der Waals surface area (Å²) in [4.78, 5) is 11.9. The molecule has 0 spiro atoms. The summed E-state index contributed by atoms with van der Waals surface area (Å²) in [5.41, 5.74) is 7.20. The van der Waals surface area contributed by atoms with E-state index in [1.54, 1.807) is 6.92 Å². The van der Waals surface area contributed by atoms with Gasteiger partial charge in [0.1, 0.15) is 5.84 Å². The number of benzene rings is 1. The van der Waals surface area contributed by atoms with Gasteiger partial charge in [-0.15, -0.1) is 0 Å². The van der Waals surface area contributed by atoms with E-state index in [9.17, 15) is 4.79 Å². The number of hydrogen-bond donors (Lipinski definition) is 3. The van der Waals surface area contributed by atoms with Gasteiger partial charge in [-0.2, -0.15) is 0 Å². The highest BCUT2D eigenvalue weighted by molar-refractivity contribution is 5.97. The molecule has 0 bridgehead atoms. The van der Waals surface area contributed by atoms with E-state index in [1.807, 2.05) is 24.3 Å². The van der Waals surface area contributed by atoms with Gasteiger partial charge >= 0.3 is 0 Å². The Bertz CT molecular complexity index is 440.